The van der Waals surface area contributed by atoms with Crippen LogP contribution in [0, 0.1) is 23.2 Å². The molecule has 0 aliphatic carbocycles. The Morgan fingerprint density at radius 2 is 1.73 bits per heavy atom. The van der Waals surface area contributed by atoms with Gasteiger partial charge < -0.3 is 19.7 Å². The quantitative estimate of drug-likeness (QED) is 0.620. The van der Waals surface area contributed by atoms with Crippen molar-refractivity contribution in [2.45, 2.75) is 18.9 Å². The van der Waals surface area contributed by atoms with Crippen LogP contribution in [0.1, 0.15) is 18.4 Å². The van der Waals surface area contributed by atoms with E-state index in [1.807, 2.05) is 36.4 Å². The van der Waals surface area contributed by atoms with Crippen molar-refractivity contribution in [3.8, 4) is 22.9 Å². The van der Waals surface area contributed by atoms with E-state index in [2.05, 4.69) is 16.1 Å². The highest BCUT2D eigenvalue weighted by Crippen LogP contribution is 2.27. The SMILES string of the molecule is COC(=O)C[C@@H]1C[C@@H](C(COc2ccc(-c3ccc(C#N)cc3)cc2)C(=O)N(C)C)NC1=O. The molecule has 0 radical (unpaired) electrons. The maximum Gasteiger partial charge on any atom is 0.306 e. The molecule has 172 valence electrons. The lowest BCUT2D eigenvalue weighted by Crippen LogP contribution is -2.45. The van der Waals surface area contributed by atoms with Crippen molar-refractivity contribution in [2.24, 2.45) is 11.8 Å². The molecule has 1 N–H and O–H groups in total. The Bertz CT molecular complexity index is 1040. The third-order valence-electron chi connectivity index (χ3n) is 5.75. The summed E-state index contributed by atoms with van der Waals surface area (Å²) in [4.78, 5) is 38.2. The van der Waals surface area contributed by atoms with Crippen LogP contribution in [0.2, 0.25) is 0 Å². The fraction of sp³-hybridized carbons (Fsp3) is 0.360. The molecule has 3 rings (SSSR count). The van der Waals surface area contributed by atoms with Gasteiger partial charge in [0.05, 0.1) is 37.0 Å². The van der Waals surface area contributed by atoms with Gasteiger partial charge in [-0.2, -0.15) is 5.26 Å². The summed E-state index contributed by atoms with van der Waals surface area (Å²) < 4.78 is 10.6. The number of amides is 2. The number of methoxy groups -OCH3 is 1. The Balaban J connectivity index is 1.67. The summed E-state index contributed by atoms with van der Waals surface area (Å²) in [6.07, 6.45) is 0.346. The van der Waals surface area contributed by atoms with Crippen molar-refractivity contribution in [2.75, 3.05) is 27.8 Å². The number of nitrogens with zero attached hydrogens (tertiary/aromatic N) is 2. The predicted molar refractivity (Wildman–Crippen MR) is 121 cm³/mol. The minimum absolute atomic E-state index is 0.0145. The molecule has 1 saturated heterocycles. The third kappa shape index (κ3) is 5.89. The Hall–Kier alpha value is -3.86. The molecule has 1 heterocycles. The van der Waals surface area contributed by atoms with Crippen molar-refractivity contribution in [1.29, 1.82) is 5.26 Å². The molecule has 0 bridgehead atoms. The maximum absolute atomic E-state index is 12.8. The third-order valence-corrected chi connectivity index (χ3v) is 5.75. The smallest absolute Gasteiger partial charge is 0.306 e. The van der Waals surface area contributed by atoms with Gasteiger partial charge in [-0.1, -0.05) is 24.3 Å². The summed E-state index contributed by atoms with van der Waals surface area (Å²) in [5, 5.41) is 11.8. The van der Waals surface area contributed by atoms with Crippen LogP contribution in [0.5, 0.6) is 5.75 Å². The fourth-order valence-electron chi connectivity index (χ4n) is 3.86. The van der Waals surface area contributed by atoms with Crippen molar-refractivity contribution in [3.63, 3.8) is 0 Å². The minimum Gasteiger partial charge on any atom is -0.493 e. The minimum atomic E-state index is -0.593. The molecule has 8 nitrogen and oxygen atoms in total. The first-order chi connectivity index (χ1) is 15.8. The summed E-state index contributed by atoms with van der Waals surface area (Å²) >= 11 is 0. The van der Waals surface area contributed by atoms with Crippen LogP contribution in [-0.2, 0) is 19.1 Å². The molecule has 3 atom stereocenters. The van der Waals surface area contributed by atoms with E-state index in [0.717, 1.165) is 11.1 Å². The monoisotopic (exact) mass is 449 g/mol. The largest absolute Gasteiger partial charge is 0.493 e. The first kappa shape index (κ1) is 23.8. The van der Waals surface area contributed by atoms with Gasteiger partial charge in [0.25, 0.3) is 0 Å². The van der Waals surface area contributed by atoms with E-state index in [-0.39, 0.29) is 24.8 Å². The molecule has 1 aliphatic rings. The number of esters is 1. The molecule has 1 fully saturated rings. The first-order valence-corrected chi connectivity index (χ1v) is 10.6. The van der Waals surface area contributed by atoms with Crippen LogP contribution in [-0.4, -0.2) is 56.5 Å². The second kappa shape index (κ2) is 10.6. The van der Waals surface area contributed by atoms with Crippen molar-refractivity contribution in [3.05, 3.63) is 54.1 Å². The van der Waals surface area contributed by atoms with E-state index < -0.39 is 23.8 Å². The lowest BCUT2D eigenvalue weighted by molar-refractivity contribution is -0.143. The van der Waals surface area contributed by atoms with Crippen molar-refractivity contribution < 1.29 is 23.9 Å². The molecule has 8 heteroatoms. The number of rotatable bonds is 8. The Kier molecular flexibility index (Phi) is 7.67. The van der Waals surface area contributed by atoms with Crippen LogP contribution in [0.25, 0.3) is 11.1 Å². The molecule has 1 unspecified atom stereocenters. The second-order valence-electron chi connectivity index (χ2n) is 8.19. The number of ether oxygens (including phenoxy) is 2. The zero-order chi connectivity index (χ0) is 24.0. The van der Waals surface area contributed by atoms with Crippen LogP contribution in [0.4, 0.5) is 0 Å². The van der Waals surface area contributed by atoms with Gasteiger partial charge in [-0.3, -0.25) is 14.4 Å². The van der Waals surface area contributed by atoms with Gasteiger partial charge in [-0.15, -0.1) is 0 Å². The molecule has 33 heavy (non-hydrogen) atoms. The van der Waals surface area contributed by atoms with E-state index in [1.54, 1.807) is 26.2 Å². The molecule has 2 aromatic rings. The van der Waals surface area contributed by atoms with Gasteiger partial charge in [0, 0.05) is 20.1 Å². The van der Waals surface area contributed by atoms with Gasteiger partial charge in [-0.05, 0) is 41.8 Å². The van der Waals surface area contributed by atoms with Gasteiger partial charge >= 0.3 is 5.97 Å². The molecule has 0 aromatic heterocycles. The second-order valence-corrected chi connectivity index (χ2v) is 8.19. The molecule has 0 spiro atoms. The number of nitrogens with one attached hydrogen (secondary N) is 1. The standard InChI is InChI=1S/C25H27N3O5/c1-28(2)25(31)21(22-12-19(24(30)27-22)13-23(29)32-3)15-33-20-10-8-18(9-11-20)17-6-4-16(14-26)5-7-17/h4-11,19,21-22H,12-13,15H2,1-3H3,(H,27,30)/t19-,21?,22-/m0/s1. The number of carbonyl (C=O) groups excluding carboxylic acids is 3. The van der Waals surface area contributed by atoms with E-state index in [1.165, 1.54) is 12.0 Å². The summed E-state index contributed by atoms with van der Waals surface area (Å²) in [5.74, 6) is -1.39. The molecule has 2 aromatic carbocycles. The molecular formula is C25H27N3O5. The summed E-state index contributed by atoms with van der Waals surface area (Å²) in [5.41, 5.74) is 2.55. The zero-order valence-corrected chi connectivity index (χ0v) is 18.9. The number of benzene rings is 2. The highest BCUT2D eigenvalue weighted by molar-refractivity contribution is 5.87. The van der Waals surface area contributed by atoms with E-state index in [4.69, 9.17) is 10.00 Å². The Labute approximate surface area is 193 Å². The first-order valence-electron chi connectivity index (χ1n) is 10.6. The Morgan fingerprint density at radius 1 is 1.12 bits per heavy atom. The van der Waals surface area contributed by atoms with Crippen LogP contribution < -0.4 is 10.1 Å². The predicted octanol–water partition coefficient (Wildman–Crippen LogP) is 2.38. The van der Waals surface area contributed by atoms with Crippen LogP contribution in [0.3, 0.4) is 0 Å². The topological polar surface area (TPSA) is 109 Å². The van der Waals surface area contributed by atoms with E-state index >= 15 is 0 Å². The van der Waals surface area contributed by atoms with Crippen LogP contribution >= 0.6 is 0 Å². The number of carbonyl (C=O) groups is 3. The number of nitriles is 1. The van der Waals surface area contributed by atoms with Crippen molar-refractivity contribution >= 4 is 17.8 Å². The highest BCUT2D eigenvalue weighted by atomic mass is 16.5. The van der Waals surface area contributed by atoms with Gasteiger partial charge in [0.2, 0.25) is 11.8 Å². The van der Waals surface area contributed by atoms with Gasteiger partial charge in [-0.25, -0.2) is 0 Å². The zero-order valence-electron chi connectivity index (χ0n) is 18.9. The Morgan fingerprint density at radius 3 is 2.27 bits per heavy atom. The van der Waals surface area contributed by atoms with Crippen molar-refractivity contribution in [1.82, 2.24) is 10.2 Å². The fourth-order valence-corrected chi connectivity index (χ4v) is 3.86. The maximum atomic E-state index is 12.8. The highest BCUT2D eigenvalue weighted by Gasteiger charge is 2.41. The lowest BCUT2D eigenvalue weighted by atomic mass is 9.92. The summed E-state index contributed by atoms with van der Waals surface area (Å²) in [6, 6.07) is 16.4. The lowest BCUT2D eigenvalue weighted by Gasteiger charge is -2.25. The molecule has 2 amide bonds. The molecule has 1 aliphatic heterocycles. The average molecular weight is 450 g/mol. The van der Waals surface area contributed by atoms with E-state index in [0.29, 0.717) is 17.7 Å². The summed E-state index contributed by atoms with van der Waals surface area (Å²) in [6.45, 7) is 0.0864. The van der Waals surface area contributed by atoms with Gasteiger partial charge in [0.15, 0.2) is 0 Å². The van der Waals surface area contributed by atoms with Crippen LogP contribution in [0.15, 0.2) is 48.5 Å². The summed E-state index contributed by atoms with van der Waals surface area (Å²) in [7, 11) is 4.60. The molecular weight excluding hydrogens is 422 g/mol. The average Bonchev–Trinajstić information content (AvgIpc) is 3.18. The number of hydrogen-bond donors (Lipinski definition) is 1. The molecule has 0 saturated carbocycles. The van der Waals surface area contributed by atoms with Gasteiger partial charge in [0.1, 0.15) is 12.4 Å². The van der Waals surface area contributed by atoms with E-state index in [9.17, 15) is 14.4 Å². The number of hydrogen-bond acceptors (Lipinski definition) is 6. The normalized spacial score (nSPS) is 18.1.